The van der Waals surface area contributed by atoms with Gasteiger partial charge in [0.15, 0.2) is 6.61 Å². The summed E-state index contributed by atoms with van der Waals surface area (Å²) in [4.78, 5) is 33.5. The molecule has 1 aromatic heterocycles. The Balaban J connectivity index is 1.41. The molecule has 2 fully saturated rings. The summed E-state index contributed by atoms with van der Waals surface area (Å²) in [6.45, 7) is 6.87. The molecule has 0 aliphatic carbocycles. The summed E-state index contributed by atoms with van der Waals surface area (Å²) >= 11 is 0. The van der Waals surface area contributed by atoms with Crippen molar-refractivity contribution in [3.63, 3.8) is 0 Å². The van der Waals surface area contributed by atoms with Gasteiger partial charge in [-0.05, 0) is 31.0 Å². The van der Waals surface area contributed by atoms with Gasteiger partial charge in [0, 0.05) is 37.9 Å². The first kappa shape index (κ1) is 20.4. The van der Waals surface area contributed by atoms with Crippen molar-refractivity contribution >= 4 is 11.8 Å². The van der Waals surface area contributed by atoms with E-state index in [-0.39, 0.29) is 36.9 Å². The fraction of sp³-hybridized carbons (Fsp3) is 0.500. The minimum absolute atomic E-state index is 0.00638. The summed E-state index contributed by atoms with van der Waals surface area (Å²) in [7, 11) is 0. The topological polar surface area (TPSA) is 76.9 Å². The van der Waals surface area contributed by atoms with Crippen LogP contribution in [0.3, 0.4) is 0 Å². The highest BCUT2D eigenvalue weighted by Gasteiger charge is 2.37. The molecule has 2 atom stereocenters. The average Bonchev–Trinajstić information content (AvgIpc) is 3.04. The molecule has 2 aliphatic rings. The van der Waals surface area contributed by atoms with Crippen molar-refractivity contribution in [1.82, 2.24) is 19.4 Å². The molecule has 160 valence electrons. The van der Waals surface area contributed by atoms with Crippen molar-refractivity contribution in [2.24, 2.45) is 5.92 Å². The van der Waals surface area contributed by atoms with Crippen molar-refractivity contribution in [3.05, 3.63) is 48.0 Å². The first-order chi connectivity index (χ1) is 14.5. The van der Waals surface area contributed by atoms with E-state index in [1.807, 2.05) is 41.8 Å². The molecule has 0 unspecified atom stereocenters. The van der Waals surface area contributed by atoms with E-state index in [0.29, 0.717) is 32.8 Å². The number of aromatic nitrogens is 2. The Labute approximate surface area is 176 Å². The predicted octanol–water partition coefficient (Wildman–Crippen LogP) is 1.26. The minimum atomic E-state index is -0.154. The molecular weight excluding hydrogens is 384 g/mol. The standard InChI is InChI=1S/C22H28N4O4/c1-16-4-3-5-20(17(16)2)30-14-22(28)25-8-18-9-26(19(10-25)13-29-12-18)21(27)11-24-7-6-23-15-24/h3-7,15,18-19H,8-14H2,1-2H3/t18-,19-/m0/s1. The van der Waals surface area contributed by atoms with E-state index < -0.39 is 0 Å². The third kappa shape index (κ3) is 4.48. The van der Waals surface area contributed by atoms with Crippen molar-refractivity contribution in [1.29, 1.82) is 0 Å². The molecule has 1 aromatic carbocycles. The fourth-order valence-corrected chi connectivity index (χ4v) is 4.09. The van der Waals surface area contributed by atoms with Crippen LogP contribution in [-0.4, -0.2) is 76.7 Å². The summed E-state index contributed by atoms with van der Waals surface area (Å²) in [6, 6.07) is 5.68. The van der Waals surface area contributed by atoms with E-state index in [0.717, 1.165) is 16.9 Å². The van der Waals surface area contributed by atoms with Gasteiger partial charge in [-0.3, -0.25) is 9.59 Å². The summed E-state index contributed by atoms with van der Waals surface area (Å²) in [5.41, 5.74) is 2.18. The number of carbonyl (C=O) groups excluding carboxylic acids is 2. The van der Waals surface area contributed by atoms with E-state index in [2.05, 4.69) is 4.98 Å². The maximum Gasteiger partial charge on any atom is 0.260 e. The second-order valence-corrected chi connectivity index (χ2v) is 8.12. The van der Waals surface area contributed by atoms with Crippen LogP contribution in [0.2, 0.25) is 0 Å². The largest absolute Gasteiger partial charge is 0.483 e. The number of fused-ring (bicyclic) bond motifs is 3. The van der Waals surface area contributed by atoms with Crippen molar-refractivity contribution in [3.8, 4) is 5.75 Å². The third-order valence-corrected chi connectivity index (χ3v) is 5.93. The Hall–Kier alpha value is -2.87. The minimum Gasteiger partial charge on any atom is -0.483 e. The van der Waals surface area contributed by atoms with E-state index in [4.69, 9.17) is 9.47 Å². The number of amides is 2. The Kier molecular flexibility index (Phi) is 6.03. The molecule has 0 radical (unpaired) electrons. The maximum absolute atomic E-state index is 12.9. The first-order valence-corrected chi connectivity index (χ1v) is 10.3. The van der Waals surface area contributed by atoms with Crippen LogP contribution in [0, 0.1) is 19.8 Å². The van der Waals surface area contributed by atoms with Gasteiger partial charge in [-0.15, -0.1) is 0 Å². The van der Waals surface area contributed by atoms with Gasteiger partial charge in [0.05, 0.1) is 25.6 Å². The van der Waals surface area contributed by atoms with E-state index in [1.165, 1.54) is 0 Å². The van der Waals surface area contributed by atoms with Gasteiger partial charge >= 0.3 is 0 Å². The van der Waals surface area contributed by atoms with Crippen LogP contribution in [0.15, 0.2) is 36.9 Å². The monoisotopic (exact) mass is 412 g/mol. The van der Waals surface area contributed by atoms with Gasteiger partial charge in [0.1, 0.15) is 12.3 Å². The molecule has 2 amide bonds. The number of carbonyl (C=O) groups is 2. The molecule has 0 spiro atoms. The molecule has 8 heteroatoms. The van der Waals surface area contributed by atoms with Crippen molar-refractivity contribution in [2.45, 2.75) is 26.4 Å². The van der Waals surface area contributed by atoms with Crippen LogP contribution in [0.5, 0.6) is 5.75 Å². The molecule has 8 nitrogen and oxygen atoms in total. The van der Waals surface area contributed by atoms with Crippen LogP contribution in [0.25, 0.3) is 0 Å². The molecule has 2 saturated heterocycles. The van der Waals surface area contributed by atoms with E-state index in [9.17, 15) is 9.59 Å². The number of nitrogens with zero attached hydrogens (tertiary/aromatic N) is 4. The van der Waals surface area contributed by atoms with Gasteiger partial charge in [0.2, 0.25) is 5.91 Å². The average molecular weight is 412 g/mol. The summed E-state index contributed by atoms with van der Waals surface area (Å²) in [5, 5.41) is 0. The first-order valence-electron chi connectivity index (χ1n) is 10.3. The van der Waals surface area contributed by atoms with E-state index >= 15 is 0 Å². The van der Waals surface area contributed by atoms with Crippen LogP contribution >= 0.6 is 0 Å². The summed E-state index contributed by atoms with van der Waals surface area (Å²) < 4.78 is 13.4. The molecule has 3 heterocycles. The lowest BCUT2D eigenvalue weighted by Gasteiger charge is -2.31. The van der Waals surface area contributed by atoms with Gasteiger partial charge in [-0.2, -0.15) is 0 Å². The summed E-state index contributed by atoms with van der Waals surface area (Å²) in [6.07, 6.45) is 5.07. The Morgan fingerprint density at radius 1 is 1.17 bits per heavy atom. The van der Waals surface area contributed by atoms with Gasteiger partial charge in [-0.25, -0.2) is 4.98 Å². The smallest absolute Gasteiger partial charge is 0.260 e. The van der Waals surface area contributed by atoms with Crippen LogP contribution in [-0.2, 0) is 20.9 Å². The third-order valence-electron chi connectivity index (χ3n) is 5.93. The van der Waals surface area contributed by atoms with Gasteiger partial charge < -0.3 is 23.8 Å². The molecule has 30 heavy (non-hydrogen) atoms. The molecule has 4 rings (SSSR count). The number of ether oxygens (including phenoxy) is 2. The molecule has 2 aliphatic heterocycles. The van der Waals surface area contributed by atoms with Crippen LogP contribution in [0.4, 0.5) is 0 Å². The lowest BCUT2D eigenvalue weighted by Crippen LogP contribution is -2.49. The van der Waals surface area contributed by atoms with Crippen molar-refractivity contribution < 1.29 is 19.1 Å². The predicted molar refractivity (Wildman–Crippen MR) is 110 cm³/mol. The van der Waals surface area contributed by atoms with Gasteiger partial charge in [0.25, 0.3) is 5.91 Å². The molecule has 0 N–H and O–H groups in total. The lowest BCUT2D eigenvalue weighted by molar-refractivity contribution is -0.138. The fourth-order valence-electron chi connectivity index (χ4n) is 4.09. The lowest BCUT2D eigenvalue weighted by atomic mass is 10.1. The number of hydrogen-bond acceptors (Lipinski definition) is 5. The summed E-state index contributed by atoms with van der Waals surface area (Å²) in [5.74, 6) is 0.791. The molecule has 2 aromatic rings. The number of imidazole rings is 1. The molecule has 2 bridgehead atoms. The van der Waals surface area contributed by atoms with Crippen LogP contribution < -0.4 is 4.74 Å². The second kappa shape index (κ2) is 8.87. The Morgan fingerprint density at radius 3 is 2.83 bits per heavy atom. The zero-order valence-corrected chi connectivity index (χ0v) is 17.5. The number of rotatable bonds is 5. The normalized spacial score (nSPS) is 21.3. The van der Waals surface area contributed by atoms with E-state index in [1.54, 1.807) is 23.3 Å². The maximum atomic E-state index is 12.9. The highest BCUT2D eigenvalue weighted by molar-refractivity contribution is 5.79. The Morgan fingerprint density at radius 2 is 2.03 bits per heavy atom. The highest BCUT2D eigenvalue weighted by Crippen LogP contribution is 2.22. The van der Waals surface area contributed by atoms with Crippen molar-refractivity contribution in [2.75, 3.05) is 39.5 Å². The molecular formula is C22H28N4O4. The number of hydrogen-bond donors (Lipinski definition) is 0. The zero-order chi connectivity index (χ0) is 21.1. The SMILES string of the molecule is Cc1cccc(OCC(=O)N2C[C@@H]3COC[C@H](C2)N(C(=O)Cn2ccnc2)C3)c1C. The van der Waals surface area contributed by atoms with Gasteiger partial charge in [-0.1, -0.05) is 12.1 Å². The quantitative estimate of drug-likeness (QED) is 0.739. The number of benzene rings is 1. The Bertz CT molecular complexity index is 899. The number of aryl methyl sites for hydroxylation is 1. The molecule has 0 saturated carbocycles. The zero-order valence-electron chi connectivity index (χ0n) is 17.5. The van der Waals surface area contributed by atoms with Crippen LogP contribution in [0.1, 0.15) is 11.1 Å². The highest BCUT2D eigenvalue weighted by atomic mass is 16.5. The second-order valence-electron chi connectivity index (χ2n) is 8.12.